The Bertz CT molecular complexity index is 323. The summed E-state index contributed by atoms with van der Waals surface area (Å²) in [6.45, 7) is 10.4. The van der Waals surface area contributed by atoms with Gasteiger partial charge in [-0.3, -0.25) is 4.90 Å². The largest absolute Gasteiger partial charge is 0.311 e. The van der Waals surface area contributed by atoms with Crippen molar-refractivity contribution < 1.29 is 0 Å². The first-order valence-corrected chi connectivity index (χ1v) is 7.63. The van der Waals surface area contributed by atoms with Gasteiger partial charge in [0.1, 0.15) is 0 Å². The van der Waals surface area contributed by atoms with Gasteiger partial charge in [-0.05, 0) is 35.2 Å². The first-order chi connectivity index (χ1) is 8.20. The van der Waals surface area contributed by atoms with Crippen LogP contribution in [0.2, 0.25) is 0 Å². The fourth-order valence-corrected chi connectivity index (χ4v) is 3.29. The summed E-state index contributed by atoms with van der Waals surface area (Å²) < 4.78 is 0. The summed E-state index contributed by atoms with van der Waals surface area (Å²) >= 11 is 1.80. The van der Waals surface area contributed by atoms with Crippen molar-refractivity contribution in [1.29, 1.82) is 0 Å². The number of nitrogens with zero attached hydrogens (tertiary/aromatic N) is 1. The highest BCUT2D eigenvalue weighted by Crippen LogP contribution is 2.21. The van der Waals surface area contributed by atoms with E-state index in [2.05, 4.69) is 47.8 Å². The minimum Gasteiger partial charge on any atom is -0.311 e. The molecule has 0 saturated carbocycles. The molecule has 0 amide bonds. The van der Waals surface area contributed by atoms with Gasteiger partial charge < -0.3 is 5.32 Å². The average Bonchev–Trinajstić information content (AvgIpc) is 2.81. The molecule has 1 aromatic rings. The molecule has 1 aliphatic rings. The Morgan fingerprint density at radius 3 is 3.06 bits per heavy atom. The molecule has 96 valence electrons. The summed E-state index contributed by atoms with van der Waals surface area (Å²) in [6.07, 6.45) is 1.26. The predicted molar refractivity (Wildman–Crippen MR) is 75.4 cm³/mol. The van der Waals surface area contributed by atoms with E-state index in [0.717, 1.165) is 19.0 Å². The smallest absolute Gasteiger partial charge is 0.0250 e. The van der Waals surface area contributed by atoms with E-state index in [4.69, 9.17) is 0 Å². The number of piperazine rings is 1. The second-order valence-electron chi connectivity index (χ2n) is 5.32. The molecule has 1 aliphatic heterocycles. The third kappa shape index (κ3) is 3.30. The first-order valence-electron chi connectivity index (χ1n) is 6.69. The summed E-state index contributed by atoms with van der Waals surface area (Å²) in [5.41, 5.74) is 1.47. The molecule has 1 saturated heterocycles. The number of rotatable bonds is 4. The van der Waals surface area contributed by atoms with E-state index < -0.39 is 0 Å². The highest BCUT2D eigenvalue weighted by molar-refractivity contribution is 7.07. The molecule has 2 heterocycles. The lowest BCUT2D eigenvalue weighted by Crippen LogP contribution is -2.57. The van der Waals surface area contributed by atoms with Gasteiger partial charge in [-0.2, -0.15) is 11.3 Å². The fraction of sp³-hybridized carbons (Fsp3) is 0.714. The van der Waals surface area contributed by atoms with Crippen LogP contribution < -0.4 is 5.32 Å². The van der Waals surface area contributed by atoms with Crippen molar-refractivity contribution in [3.63, 3.8) is 0 Å². The zero-order chi connectivity index (χ0) is 12.3. The molecule has 0 aromatic carbocycles. The molecule has 2 rings (SSSR count). The number of hydrogen-bond donors (Lipinski definition) is 1. The van der Waals surface area contributed by atoms with Crippen molar-refractivity contribution in [3.05, 3.63) is 22.4 Å². The lowest BCUT2D eigenvalue weighted by atomic mass is 9.94. The van der Waals surface area contributed by atoms with Crippen LogP contribution >= 0.6 is 11.3 Å². The standard InChI is InChI=1S/C14H24N2S/c1-4-11(2)14-7-15-12(3)8-16(14)9-13-5-6-17-10-13/h5-6,10-12,14-15H,4,7-9H2,1-3H3. The lowest BCUT2D eigenvalue weighted by molar-refractivity contribution is 0.0886. The molecule has 1 N–H and O–H groups in total. The van der Waals surface area contributed by atoms with Crippen molar-refractivity contribution in [2.75, 3.05) is 13.1 Å². The van der Waals surface area contributed by atoms with Crippen LogP contribution in [0.5, 0.6) is 0 Å². The monoisotopic (exact) mass is 252 g/mol. The van der Waals surface area contributed by atoms with Crippen LogP contribution in [0.4, 0.5) is 0 Å². The zero-order valence-corrected chi connectivity index (χ0v) is 12.0. The average molecular weight is 252 g/mol. The van der Waals surface area contributed by atoms with Crippen LogP contribution in [0.25, 0.3) is 0 Å². The number of nitrogens with one attached hydrogen (secondary N) is 1. The van der Waals surface area contributed by atoms with Gasteiger partial charge in [0.25, 0.3) is 0 Å². The van der Waals surface area contributed by atoms with Crippen molar-refractivity contribution in [1.82, 2.24) is 10.2 Å². The van der Waals surface area contributed by atoms with Gasteiger partial charge in [-0.25, -0.2) is 0 Å². The molecule has 0 bridgehead atoms. The van der Waals surface area contributed by atoms with Gasteiger partial charge in [-0.1, -0.05) is 20.3 Å². The molecule has 3 heteroatoms. The van der Waals surface area contributed by atoms with Crippen LogP contribution in [0.3, 0.4) is 0 Å². The Morgan fingerprint density at radius 1 is 1.59 bits per heavy atom. The molecular weight excluding hydrogens is 228 g/mol. The van der Waals surface area contributed by atoms with Crippen molar-refractivity contribution in [2.24, 2.45) is 5.92 Å². The van der Waals surface area contributed by atoms with Crippen LogP contribution in [0, 0.1) is 5.92 Å². The van der Waals surface area contributed by atoms with Crippen LogP contribution in [-0.2, 0) is 6.54 Å². The van der Waals surface area contributed by atoms with Crippen molar-refractivity contribution >= 4 is 11.3 Å². The van der Waals surface area contributed by atoms with Crippen molar-refractivity contribution in [3.8, 4) is 0 Å². The third-order valence-corrected chi connectivity index (χ3v) is 4.65. The maximum atomic E-state index is 3.62. The molecule has 0 radical (unpaired) electrons. The second-order valence-corrected chi connectivity index (χ2v) is 6.10. The Balaban J connectivity index is 2.03. The van der Waals surface area contributed by atoms with E-state index in [1.807, 2.05) is 0 Å². The molecular formula is C14H24N2S. The molecule has 17 heavy (non-hydrogen) atoms. The number of hydrogen-bond acceptors (Lipinski definition) is 3. The van der Waals surface area contributed by atoms with Crippen LogP contribution in [0.15, 0.2) is 16.8 Å². The summed E-state index contributed by atoms with van der Waals surface area (Å²) in [4.78, 5) is 2.66. The van der Waals surface area contributed by atoms with Gasteiger partial charge in [-0.15, -0.1) is 0 Å². The second kappa shape index (κ2) is 5.98. The molecule has 0 aliphatic carbocycles. The molecule has 1 fully saturated rings. The Kier molecular flexibility index (Phi) is 4.60. The van der Waals surface area contributed by atoms with Crippen LogP contribution in [-0.4, -0.2) is 30.1 Å². The van der Waals surface area contributed by atoms with Gasteiger partial charge in [0.2, 0.25) is 0 Å². The quantitative estimate of drug-likeness (QED) is 0.886. The zero-order valence-electron chi connectivity index (χ0n) is 11.1. The Morgan fingerprint density at radius 2 is 2.41 bits per heavy atom. The molecule has 3 atom stereocenters. The summed E-state index contributed by atoms with van der Waals surface area (Å²) in [5, 5.41) is 8.08. The highest BCUT2D eigenvalue weighted by atomic mass is 32.1. The van der Waals surface area contributed by atoms with E-state index in [1.165, 1.54) is 18.5 Å². The SMILES string of the molecule is CCC(C)C1CNC(C)CN1Cc1ccsc1. The molecule has 2 nitrogen and oxygen atoms in total. The van der Waals surface area contributed by atoms with E-state index in [-0.39, 0.29) is 0 Å². The topological polar surface area (TPSA) is 15.3 Å². The molecule has 3 unspecified atom stereocenters. The Labute approximate surface area is 109 Å². The van der Waals surface area contributed by atoms with Gasteiger partial charge >= 0.3 is 0 Å². The minimum absolute atomic E-state index is 0.619. The summed E-state index contributed by atoms with van der Waals surface area (Å²) in [5.74, 6) is 0.772. The third-order valence-electron chi connectivity index (χ3n) is 3.92. The van der Waals surface area contributed by atoms with Crippen LogP contribution in [0.1, 0.15) is 32.8 Å². The predicted octanol–water partition coefficient (Wildman–Crippen LogP) is 2.96. The van der Waals surface area contributed by atoms with E-state index >= 15 is 0 Å². The normalized spacial score (nSPS) is 28.2. The first kappa shape index (κ1) is 13.1. The van der Waals surface area contributed by atoms with E-state index in [0.29, 0.717) is 12.1 Å². The maximum Gasteiger partial charge on any atom is 0.0250 e. The maximum absolute atomic E-state index is 3.62. The Hall–Kier alpha value is -0.380. The van der Waals surface area contributed by atoms with Gasteiger partial charge in [0, 0.05) is 31.7 Å². The van der Waals surface area contributed by atoms with Gasteiger partial charge in [0.15, 0.2) is 0 Å². The van der Waals surface area contributed by atoms with Gasteiger partial charge in [0.05, 0.1) is 0 Å². The minimum atomic E-state index is 0.619. The van der Waals surface area contributed by atoms with Crippen molar-refractivity contribution in [2.45, 2.75) is 45.8 Å². The fourth-order valence-electron chi connectivity index (χ4n) is 2.63. The summed E-state index contributed by atoms with van der Waals surface area (Å²) in [6, 6.07) is 3.57. The molecule has 0 spiro atoms. The molecule has 1 aromatic heterocycles. The number of thiophene rings is 1. The van der Waals surface area contributed by atoms with E-state index in [1.54, 1.807) is 11.3 Å². The lowest BCUT2D eigenvalue weighted by Gasteiger charge is -2.42. The summed E-state index contributed by atoms with van der Waals surface area (Å²) in [7, 11) is 0. The highest BCUT2D eigenvalue weighted by Gasteiger charge is 2.28. The van der Waals surface area contributed by atoms with E-state index in [9.17, 15) is 0 Å².